The second-order valence-corrected chi connectivity index (χ2v) is 5.17. The second-order valence-electron chi connectivity index (χ2n) is 3.94. The van der Waals surface area contributed by atoms with Crippen molar-refractivity contribution in [3.63, 3.8) is 0 Å². The number of nitrogens with two attached hydrogens (primary N) is 1. The van der Waals surface area contributed by atoms with Gasteiger partial charge in [0.2, 0.25) is 0 Å². The summed E-state index contributed by atoms with van der Waals surface area (Å²) in [4.78, 5) is 19.3. The summed E-state index contributed by atoms with van der Waals surface area (Å²) >= 11 is 1.89. The van der Waals surface area contributed by atoms with E-state index in [1.165, 1.54) is 0 Å². The van der Waals surface area contributed by atoms with Gasteiger partial charge in [0.15, 0.2) is 0 Å². The fourth-order valence-corrected chi connectivity index (χ4v) is 2.78. The highest BCUT2D eigenvalue weighted by Gasteiger charge is 2.14. The molecule has 1 aliphatic rings. The summed E-state index contributed by atoms with van der Waals surface area (Å²) < 4.78 is 0. The molecule has 5 heteroatoms. The number of nitrogens with zero attached hydrogens (tertiary/aromatic N) is 1. The van der Waals surface area contributed by atoms with Gasteiger partial charge >= 0.3 is 0 Å². The molecule has 16 heavy (non-hydrogen) atoms. The topological polar surface area (TPSA) is 71.8 Å². The summed E-state index contributed by atoms with van der Waals surface area (Å²) in [7, 11) is 0. The molecule has 2 rings (SSSR count). The first kappa shape index (κ1) is 11.7. The molecule has 1 aliphatic heterocycles. The molecule has 0 fully saturated rings. The Hall–Kier alpha value is -0.810. The Balaban J connectivity index is 2.28. The maximum atomic E-state index is 11.9. The van der Waals surface area contributed by atoms with Crippen molar-refractivity contribution in [1.82, 2.24) is 9.97 Å². The number of fused-ring (bicyclic) bond motifs is 1. The fourth-order valence-electron chi connectivity index (χ4n) is 1.89. The molecule has 88 valence electrons. The van der Waals surface area contributed by atoms with Crippen LogP contribution in [-0.2, 0) is 19.3 Å². The van der Waals surface area contributed by atoms with E-state index >= 15 is 0 Å². The minimum Gasteiger partial charge on any atom is -0.330 e. The van der Waals surface area contributed by atoms with Crippen LogP contribution in [0.2, 0.25) is 0 Å². The van der Waals surface area contributed by atoms with Crippen molar-refractivity contribution in [2.24, 2.45) is 5.73 Å². The van der Waals surface area contributed by atoms with Crippen LogP contribution in [0.5, 0.6) is 0 Å². The lowest BCUT2D eigenvalue weighted by Crippen LogP contribution is -2.20. The number of aromatic nitrogens is 2. The van der Waals surface area contributed by atoms with Crippen molar-refractivity contribution in [3.8, 4) is 0 Å². The lowest BCUT2D eigenvalue weighted by molar-refractivity contribution is 0.755. The molecule has 0 saturated heterocycles. The molecule has 0 spiro atoms. The van der Waals surface area contributed by atoms with Crippen molar-refractivity contribution < 1.29 is 0 Å². The zero-order valence-electron chi connectivity index (χ0n) is 9.29. The molecule has 0 saturated carbocycles. The molecular weight excluding hydrogens is 222 g/mol. The Kier molecular flexibility index (Phi) is 4.01. The normalized spacial score (nSPS) is 15.6. The van der Waals surface area contributed by atoms with Gasteiger partial charge in [0.25, 0.3) is 5.56 Å². The Morgan fingerprint density at radius 1 is 1.38 bits per heavy atom. The van der Waals surface area contributed by atoms with Crippen LogP contribution in [0.15, 0.2) is 4.79 Å². The monoisotopic (exact) mass is 239 g/mol. The van der Waals surface area contributed by atoms with Crippen molar-refractivity contribution in [2.45, 2.75) is 25.7 Å². The number of rotatable bonds is 3. The third-order valence-corrected chi connectivity index (χ3v) is 3.73. The van der Waals surface area contributed by atoms with Crippen molar-refractivity contribution >= 4 is 11.8 Å². The van der Waals surface area contributed by atoms with Crippen LogP contribution in [0, 0.1) is 0 Å². The van der Waals surface area contributed by atoms with Crippen molar-refractivity contribution in [3.05, 3.63) is 27.4 Å². The summed E-state index contributed by atoms with van der Waals surface area (Å²) in [5.41, 5.74) is 7.40. The number of H-pyrrole nitrogens is 1. The quantitative estimate of drug-likeness (QED) is 0.805. The van der Waals surface area contributed by atoms with Gasteiger partial charge in [-0.05, 0) is 37.3 Å². The first-order valence-corrected chi connectivity index (χ1v) is 6.85. The predicted octanol–water partition coefficient (Wildman–Crippen LogP) is 0.493. The molecule has 0 atom stereocenters. The maximum absolute atomic E-state index is 11.9. The van der Waals surface area contributed by atoms with Gasteiger partial charge in [-0.25, -0.2) is 4.98 Å². The van der Waals surface area contributed by atoms with E-state index < -0.39 is 0 Å². The number of aromatic amines is 1. The molecule has 0 aliphatic carbocycles. The standard InChI is InChI=1S/C11H17N3OS/c12-5-1-2-10-13-9-4-7-16-6-3-8(9)11(15)14-10/h1-7,12H2,(H,13,14,15). The molecule has 4 nitrogen and oxygen atoms in total. The molecule has 1 aromatic rings. The molecule has 2 heterocycles. The van der Waals surface area contributed by atoms with Crippen molar-refractivity contribution in [2.75, 3.05) is 18.1 Å². The zero-order chi connectivity index (χ0) is 11.4. The number of hydrogen-bond donors (Lipinski definition) is 2. The average molecular weight is 239 g/mol. The highest BCUT2D eigenvalue weighted by atomic mass is 32.2. The Morgan fingerprint density at radius 2 is 2.19 bits per heavy atom. The number of thioether (sulfide) groups is 1. The van der Waals surface area contributed by atoms with E-state index in [-0.39, 0.29) is 5.56 Å². The summed E-state index contributed by atoms with van der Waals surface area (Å²) in [6.45, 7) is 0.636. The van der Waals surface area contributed by atoms with Gasteiger partial charge in [0.05, 0.1) is 5.69 Å². The van der Waals surface area contributed by atoms with Crippen molar-refractivity contribution in [1.29, 1.82) is 0 Å². The predicted molar refractivity (Wildman–Crippen MR) is 67.0 cm³/mol. The minimum absolute atomic E-state index is 0.0551. The van der Waals surface area contributed by atoms with Gasteiger partial charge in [-0.2, -0.15) is 11.8 Å². The number of nitrogens with one attached hydrogen (secondary N) is 1. The third-order valence-electron chi connectivity index (χ3n) is 2.75. The van der Waals surface area contributed by atoms with E-state index in [4.69, 9.17) is 5.73 Å². The SMILES string of the molecule is NCCCc1nc2c(c(=O)[nH]1)CCSCC2. The van der Waals surface area contributed by atoms with E-state index in [2.05, 4.69) is 9.97 Å². The maximum Gasteiger partial charge on any atom is 0.254 e. The summed E-state index contributed by atoms with van der Waals surface area (Å²) in [5.74, 6) is 2.89. The summed E-state index contributed by atoms with van der Waals surface area (Å²) in [6, 6.07) is 0. The van der Waals surface area contributed by atoms with E-state index in [0.29, 0.717) is 6.54 Å². The number of hydrogen-bond acceptors (Lipinski definition) is 4. The fraction of sp³-hybridized carbons (Fsp3) is 0.636. The minimum atomic E-state index is 0.0551. The lowest BCUT2D eigenvalue weighted by Gasteiger charge is -2.06. The van der Waals surface area contributed by atoms with Crippen LogP contribution in [0.1, 0.15) is 23.5 Å². The van der Waals surface area contributed by atoms with E-state index in [0.717, 1.165) is 54.3 Å². The molecule has 0 radical (unpaired) electrons. The first-order chi connectivity index (χ1) is 7.81. The largest absolute Gasteiger partial charge is 0.330 e. The van der Waals surface area contributed by atoms with Crippen LogP contribution in [0.4, 0.5) is 0 Å². The smallest absolute Gasteiger partial charge is 0.254 e. The van der Waals surface area contributed by atoms with Crippen LogP contribution < -0.4 is 11.3 Å². The molecule has 0 bridgehead atoms. The molecule has 0 aromatic carbocycles. The van der Waals surface area contributed by atoms with E-state index in [9.17, 15) is 4.79 Å². The van der Waals surface area contributed by atoms with Gasteiger partial charge in [-0.3, -0.25) is 4.79 Å². The summed E-state index contributed by atoms with van der Waals surface area (Å²) in [5, 5.41) is 0. The first-order valence-electron chi connectivity index (χ1n) is 5.70. The van der Waals surface area contributed by atoms with Crippen LogP contribution in [0.25, 0.3) is 0 Å². The highest BCUT2D eigenvalue weighted by molar-refractivity contribution is 7.99. The zero-order valence-corrected chi connectivity index (χ0v) is 10.1. The van der Waals surface area contributed by atoms with Gasteiger partial charge in [0, 0.05) is 12.0 Å². The Bertz CT molecular complexity index is 416. The van der Waals surface area contributed by atoms with Crippen LogP contribution in [0.3, 0.4) is 0 Å². The van der Waals surface area contributed by atoms with Gasteiger partial charge in [-0.1, -0.05) is 0 Å². The van der Waals surface area contributed by atoms with Gasteiger partial charge < -0.3 is 10.7 Å². The molecule has 0 unspecified atom stereocenters. The summed E-state index contributed by atoms with van der Waals surface area (Å²) in [6.07, 6.45) is 3.40. The molecule has 0 amide bonds. The molecular formula is C11H17N3OS. The average Bonchev–Trinajstić information content (AvgIpc) is 2.51. The molecule has 3 N–H and O–H groups in total. The van der Waals surface area contributed by atoms with Crippen LogP contribution >= 0.6 is 11.8 Å². The number of aryl methyl sites for hydroxylation is 2. The van der Waals surface area contributed by atoms with E-state index in [1.54, 1.807) is 0 Å². The Morgan fingerprint density at radius 3 is 3.00 bits per heavy atom. The third kappa shape index (κ3) is 2.65. The van der Waals surface area contributed by atoms with Crippen LogP contribution in [-0.4, -0.2) is 28.0 Å². The molecule has 1 aromatic heterocycles. The second kappa shape index (κ2) is 5.50. The Labute approximate surface area is 99.0 Å². The van der Waals surface area contributed by atoms with Gasteiger partial charge in [-0.15, -0.1) is 0 Å². The van der Waals surface area contributed by atoms with E-state index in [1.807, 2.05) is 11.8 Å². The lowest BCUT2D eigenvalue weighted by atomic mass is 10.1. The van der Waals surface area contributed by atoms with Gasteiger partial charge in [0.1, 0.15) is 5.82 Å². The highest BCUT2D eigenvalue weighted by Crippen LogP contribution is 2.15.